The van der Waals surface area contributed by atoms with Crippen LogP contribution in [0.2, 0.25) is 0 Å². The van der Waals surface area contributed by atoms with Crippen LogP contribution in [-0.4, -0.2) is 38.0 Å². The summed E-state index contributed by atoms with van der Waals surface area (Å²) < 4.78 is 27.2. The second-order valence-electron chi connectivity index (χ2n) is 6.96. The summed E-state index contributed by atoms with van der Waals surface area (Å²) in [6.07, 6.45) is 1.46. The minimum absolute atomic E-state index is 0.0929. The predicted octanol–water partition coefficient (Wildman–Crippen LogP) is 4.39. The molecule has 1 N–H and O–H groups in total. The van der Waals surface area contributed by atoms with Crippen LogP contribution in [0.4, 0.5) is 5.82 Å². The normalized spacial score (nSPS) is 10.8. The number of rotatable bonds is 11. The van der Waals surface area contributed by atoms with Crippen LogP contribution in [0.1, 0.15) is 18.2 Å². The molecule has 0 fully saturated rings. The Kier molecular flexibility index (Phi) is 8.52. The molecule has 1 aromatic heterocycles. The lowest BCUT2D eigenvalue weighted by Crippen LogP contribution is -2.13. The molecule has 34 heavy (non-hydrogen) atoms. The van der Waals surface area contributed by atoms with Crippen molar-refractivity contribution in [3.8, 4) is 29.1 Å². The average molecular weight is 463 g/mol. The van der Waals surface area contributed by atoms with Gasteiger partial charge in [-0.3, -0.25) is 4.79 Å². The average Bonchev–Trinajstić information content (AvgIpc) is 3.26. The van der Waals surface area contributed by atoms with Crippen molar-refractivity contribution in [2.45, 2.75) is 13.8 Å². The number of carbonyl (C=O) groups excluding carboxylic acids is 1. The van der Waals surface area contributed by atoms with Crippen molar-refractivity contribution in [1.82, 2.24) is 5.16 Å². The molecular weight excluding hydrogens is 438 g/mol. The highest BCUT2D eigenvalue weighted by atomic mass is 16.5. The number of ether oxygens (including phenoxy) is 4. The van der Waals surface area contributed by atoms with Crippen molar-refractivity contribution < 1.29 is 28.3 Å². The third kappa shape index (κ3) is 6.77. The molecule has 176 valence electrons. The van der Waals surface area contributed by atoms with Crippen LogP contribution in [0.15, 0.2) is 58.6 Å². The zero-order valence-corrected chi connectivity index (χ0v) is 19.2. The molecule has 0 atom stereocenters. The molecule has 2 aromatic carbocycles. The second-order valence-corrected chi connectivity index (χ2v) is 6.96. The lowest BCUT2D eigenvalue weighted by Gasteiger charge is -2.13. The number of hydrogen-bond donors (Lipinski definition) is 1. The van der Waals surface area contributed by atoms with E-state index in [0.29, 0.717) is 48.4 Å². The molecule has 0 aliphatic heterocycles. The van der Waals surface area contributed by atoms with E-state index in [0.717, 1.165) is 5.75 Å². The van der Waals surface area contributed by atoms with Gasteiger partial charge in [-0.2, -0.15) is 5.26 Å². The molecule has 1 amide bonds. The van der Waals surface area contributed by atoms with E-state index in [-0.39, 0.29) is 11.4 Å². The SMILES string of the molecule is CCOc1cc(C=C(C#N)C(=O)Nc2cc(C)on2)ccc1OCCOc1ccc(OC)cc1. The quantitative estimate of drug-likeness (QED) is 0.253. The van der Waals surface area contributed by atoms with E-state index in [2.05, 4.69) is 10.5 Å². The van der Waals surface area contributed by atoms with Crippen LogP contribution in [0.25, 0.3) is 6.08 Å². The van der Waals surface area contributed by atoms with E-state index < -0.39 is 5.91 Å². The molecule has 3 rings (SSSR count). The molecule has 0 bridgehead atoms. The molecule has 9 heteroatoms. The van der Waals surface area contributed by atoms with E-state index in [1.165, 1.54) is 6.08 Å². The number of nitrogens with one attached hydrogen (secondary N) is 1. The minimum Gasteiger partial charge on any atom is -0.497 e. The summed E-state index contributed by atoms with van der Waals surface area (Å²) in [4.78, 5) is 12.4. The fraction of sp³-hybridized carbons (Fsp3) is 0.240. The van der Waals surface area contributed by atoms with Gasteiger partial charge in [0.1, 0.15) is 42.1 Å². The highest BCUT2D eigenvalue weighted by molar-refractivity contribution is 6.09. The van der Waals surface area contributed by atoms with Gasteiger partial charge in [-0.15, -0.1) is 0 Å². The molecule has 0 spiro atoms. The highest BCUT2D eigenvalue weighted by Gasteiger charge is 2.13. The van der Waals surface area contributed by atoms with E-state index in [1.807, 2.05) is 37.3 Å². The smallest absolute Gasteiger partial charge is 0.267 e. The summed E-state index contributed by atoms with van der Waals surface area (Å²) in [5, 5.41) is 15.7. The predicted molar refractivity (Wildman–Crippen MR) is 125 cm³/mol. The molecule has 1 heterocycles. The first kappa shape index (κ1) is 24.2. The van der Waals surface area contributed by atoms with Crippen molar-refractivity contribution in [3.05, 3.63) is 65.4 Å². The molecule has 0 saturated heterocycles. The second kappa shape index (κ2) is 12.0. The Balaban J connectivity index is 1.63. The number of amides is 1. The van der Waals surface area contributed by atoms with Gasteiger partial charge in [-0.25, -0.2) is 0 Å². The Bertz CT molecular complexity index is 1180. The number of benzene rings is 2. The van der Waals surface area contributed by atoms with Crippen LogP contribution >= 0.6 is 0 Å². The highest BCUT2D eigenvalue weighted by Crippen LogP contribution is 2.29. The number of nitrogens with zero attached hydrogens (tertiary/aromatic N) is 2. The Hall–Kier alpha value is -4.45. The van der Waals surface area contributed by atoms with E-state index in [4.69, 9.17) is 23.5 Å². The van der Waals surface area contributed by atoms with Gasteiger partial charge in [-0.05, 0) is 61.9 Å². The standard InChI is InChI=1S/C25H25N3O6/c1-4-31-23-15-18(14-19(16-26)25(29)27-24-13-17(2)34-28-24)5-10-22(23)33-12-11-32-21-8-6-20(30-3)7-9-21/h5-10,13-15H,4,11-12H2,1-3H3,(H,27,28,29). The zero-order chi connectivity index (χ0) is 24.3. The van der Waals surface area contributed by atoms with Crippen molar-refractivity contribution >= 4 is 17.8 Å². The Morgan fingerprint density at radius 1 is 1.06 bits per heavy atom. The maximum atomic E-state index is 12.4. The Morgan fingerprint density at radius 3 is 2.44 bits per heavy atom. The first-order valence-electron chi connectivity index (χ1n) is 10.6. The van der Waals surface area contributed by atoms with E-state index in [1.54, 1.807) is 38.3 Å². The fourth-order valence-electron chi connectivity index (χ4n) is 2.91. The van der Waals surface area contributed by atoms with Crippen molar-refractivity contribution in [3.63, 3.8) is 0 Å². The first-order chi connectivity index (χ1) is 16.5. The van der Waals surface area contributed by atoms with E-state index in [9.17, 15) is 10.1 Å². The maximum absolute atomic E-state index is 12.4. The van der Waals surface area contributed by atoms with Gasteiger partial charge in [0.25, 0.3) is 5.91 Å². The summed E-state index contributed by atoms with van der Waals surface area (Å²) in [5.41, 5.74) is 0.512. The van der Waals surface area contributed by atoms with Crippen LogP contribution < -0.4 is 24.3 Å². The monoisotopic (exact) mass is 463 g/mol. The molecule has 3 aromatic rings. The minimum atomic E-state index is -0.593. The third-order valence-corrected chi connectivity index (χ3v) is 4.48. The fourth-order valence-corrected chi connectivity index (χ4v) is 2.91. The van der Waals surface area contributed by atoms with Gasteiger partial charge >= 0.3 is 0 Å². The van der Waals surface area contributed by atoms with Crippen LogP contribution in [-0.2, 0) is 4.79 Å². The summed E-state index contributed by atoms with van der Waals surface area (Å²) in [5.74, 6) is 2.67. The molecule has 9 nitrogen and oxygen atoms in total. The molecule has 0 aliphatic carbocycles. The van der Waals surface area contributed by atoms with Crippen molar-refractivity contribution in [2.75, 3.05) is 32.2 Å². The topological polar surface area (TPSA) is 116 Å². The van der Waals surface area contributed by atoms with Crippen LogP contribution in [0.3, 0.4) is 0 Å². The van der Waals surface area contributed by atoms with Gasteiger partial charge in [0.2, 0.25) is 0 Å². The van der Waals surface area contributed by atoms with Gasteiger partial charge in [0.05, 0.1) is 13.7 Å². The Labute approximate surface area is 197 Å². The molecule has 0 unspecified atom stereocenters. The number of methoxy groups -OCH3 is 1. The lowest BCUT2D eigenvalue weighted by molar-refractivity contribution is -0.112. The van der Waals surface area contributed by atoms with Crippen molar-refractivity contribution in [1.29, 1.82) is 5.26 Å². The van der Waals surface area contributed by atoms with Crippen LogP contribution in [0, 0.1) is 18.3 Å². The number of nitriles is 1. The van der Waals surface area contributed by atoms with Gasteiger partial charge in [-0.1, -0.05) is 11.2 Å². The maximum Gasteiger partial charge on any atom is 0.267 e. The molecule has 0 aliphatic rings. The molecular formula is C25H25N3O6. The third-order valence-electron chi connectivity index (χ3n) is 4.48. The summed E-state index contributed by atoms with van der Waals surface area (Å²) >= 11 is 0. The summed E-state index contributed by atoms with van der Waals surface area (Å²) in [6, 6.07) is 15.9. The zero-order valence-electron chi connectivity index (χ0n) is 19.2. The van der Waals surface area contributed by atoms with Gasteiger partial charge < -0.3 is 28.8 Å². The van der Waals surface area contributed by atoms with Crippen molar-refractivity contribution in [2.24, 2.45) is 0 Å². The summed E-state index contributed by atoms with van der Waals surface area (Å²) in [6.45, 7) is 4.61. The Morgan fingerprint density at radius 2 is 1.79 bits per heavy atom. The number of aryl methyl sites for hydroxylation is 1. The van der Waals surface area contributed by atoms with Gasteiger partial charge in [0, 0.05) is 6.07 Å². The number of carbonyl (C=O) groups is 1. The van der Waals surface area contributed by atoms with Gasteiger partial charge in [0.15, 0.2) is 17.3 Å². The molecule has 0 saturated carbocycles. The number of aromatic nitrogens is 1. The lowest BCUT2D eigenvalue weighted by atomic mass is 10.1. The van der Waals surface area contributed by atoms with Crippen LogP contribution in [0.5, 0.6) is 23.0 Å². The van der Waals surface area contributed by atoms with E-state index >= 15 is 0 Å². The first-order valence-corrected chi connectivity index (χ1v) is 10.6. The summed E-state index contributed by atoms with van der Waals surface area (Å²) in [7, 11) is 1.61. The number of anilines is 1. The number of hydrogen-bond acceptors (Lipinski definition) is 8. The largest absolute Gasteiger partial charge is 0.497 e. The molecule has 0 radical (unpaired) electrons.